The van der Waals surface area contributed by atoms with Crippen LogP contribution in [-0.4, -0.2) is 15.7 Å². The van der Waals surface area contributed by atoms with Crippen molar-refractivity contribution in [1.82, 2.24) is 9.78 Å². The maximum absolute atomic E-state index is 12.5. The summed E-state index contributed by atoms with van der Waals surface area (Å²) in [6.45, 7) is 1.18. The molecule has 0 unspecified atom stereocenters. The van der Waals surface area contributed by atoms with Crippen molar-refractivity contribution < 1.29 is 18.0 Å². The molecule has 21 heavy (non-hydrogen) atoms. The molecule has 0 spiro atoms. The van der Waals surface area contributed by atoms with Gasteiger partial charge in [0.1, 0.15) is 6.54 Å². The van der Waals surface area contributed by atoms with Crippen LogP contribution in [-0.2, 0) is 17.5 Å². The number of hydrogen-bond acceptors (Lipinski definition) is 2. The third-order valence-electron chi connectivity index (χ3n) is 2.71. The maximum Gasteiger partial charge on any atom is 0.435 e. The van der Waals surface area contributed by atoms with Gasteiger partial charge in [0.05, 0.1) is 5.69 Å². The lowest BCUT2D eigenvalue weighted by Crippen LogP contribution is -2.21. The lowest BCUT2D eigenvalue weighted by Gasteiger charge is -2.08. The van der Waals surface area contributed by atoms with Gasteiger partial charge in [0.25, 0.3) is 0 Å². The molecule has 0 aliphatic heterocycles. The van der Waals surface area contributed by atoms with Crippen molar-refractivity contribution in [3.8, 4) is 0 Å². The number of nitrogens with one attached hydrogen (secondary N) is 1. The van der Waals surface area contributed by atoms with Gasteiger partial charge >= 0.3 is 6.18 Å². The van der Waals surface area contributed by atoms with Crippen molar-refractivity contribution in [2.75, 3.05) is 5.32 Å². The molecule has 1 N–H and O–H groups in total. The molecule has 112 valence electrons. The molecule has 0 bridgehead atoms. The first-order valence-corrected chi connectivity index (χ1v) is 6.72. The van der Waals surface area contributed by atoms with E-state index in [-0.39, 0.29) is 12.2 Å². The molecule has 4 nitrogen and oxygen atoms in total. The predicted octanol–water partition coefficient (Wildman–Crippen LogP) is 3.61. The Bertz CT molecular complexity index is 667. The van der Waals surface area contributed by atoms with Gasteiger partial charge < -0.3 is 5.32 Å². The number of benzene rings is 1. The summed E-state index contributed by atoms with van der Waals surface area (Å²) in [4.78, 5) is 11.9. The van der Waals surface area contributed by atoms with Gasteiger partial charge in [-0.2, -0.15) is 18.3 Å². The Balaban J connectivity index is 2.10. The molecule has 8 heteroatoms. The average Bonchev–Trinajstić information content (AvgIpc) is 2.74. The molecule has 0 aliphatic rings. The van der Waals surface area contributed by atoms with Crippen molar-refractivity contribution in [2.45, 2.75) is 19.6 Å². The highest BCUT2D eigenvalue weighted by molar-refractivity contribution is 9.10. The minimum atomic E-state index is -4.52. The number of rotatable bonds is 3. The summed E-state index contributed by atoms with van der Waals surface area (Å²) in [6, 6.07) is 7.86. The molecule has 2 aromatic rings. The highest BCUT2D eigenvalue weighted by atomic mass is 79.9. The molecular weight excluding hydrogens is 351 g/mol. The quantitative estimate of drug-likeness (QED) is 0.907. The predicted molar refractivity (Wildman–Crippen MR) is 74.7 cm³/mol. The molecule has 0 radical (unpaired) electrons. The fourth-order valence-corrected chi connectivity index (χ4v) is 2.08. The lowest BCUT2D eigenvalue weighted by atomic mass is 10.3. The summed E-state index contributed by atoms with van der Waals surface area (Å²) in [5.74, 6) is -0.457. The van der Waals surface area contributed by atoms with Crippen LogP contribution in [0.25, 0.3) is 0 Å². The minimum Gasteiger partial charge on any atom is -0.323 e. The van der Waals surface area contributed by atoms with Crippen molar-refractivity contribution in [2.24, 2.45) is 0 Å². The van der Waals surface area contributed by atoms with Crippen molar-refractivity contribution >= 4 is 27.5 Å². The topological polar surface area (TPSA) is 46.9 Å². The first-order valence-electron chi connectivity index (χ1n) is 5.93. The van der Waals surface area contributed by atoms with Crippen molar-refractivity contribution in [3.63, 3.8) is 0 Å². The van der Waals surface area contributed by atoms with Gasteiger partial charge in [0.2, 0.25) is 5.91 Å². The van der Waals surface area contributed by atoms with Crippen LogP contribution in [0, 0.1) is 6.92 Å². The van der Waals surface area contributed by atoms with Gasteiger partial charge in [0.15, 0.2) is 5.69 Å². The number of hydrogen-bond donors (Lipinski definition) is 1. The molecule has 1 heterocycles. The van der Waals surface area contributed by atoms with Crippen molar-refractivity contribution in [3.05, 3.63) is 46.2 Å². The molecule has 0 saturated carbocycles. The second-order valence-corrected chi connectivity index (χ2v) is 5.21. The largest absolute Gasteiger partial charge is 0.435 e. The third-order valence-corrected chi connectivity index (χ3v) is 3.40. The summed E-state index contributed by atoms with van der Waals surface area (Å²) >= 11 is 3.27. The number of carbonyl (C=O) groups is 1. The van der Waals surface area contributed by atoms with Crippen LogP contribution in [0.15, 0.2) is 34.8 Å². The average molecular weight is 362 g/mol. The standard InChI is InChI=1S/C13H11BrF3N3O/c1-8-6-11(13(15,16)17)19-20(8)7-12(21)18-10-5-3-2-4-9(10)14/h2-6H,7H2,1H3,(H,18,21). The van der Waals surface area contributed by atoms with Crippen LogP contribution in [0.4, 0.5) is 18.9 Å². The smallest absolute Gasteiger partial charge is 0.323 e. The number of halogens is 4. The van der Waals surface area contributed by atoms with Crippen LogP contribution in [0.1, 0.15) is 11.4 Å². The second kappa shape index (κ2) is 5.88. The van der Waals surface area contributed by atoms with Gasteiger partial charge in [-0.3, -0.25) is 9.48 Å². The second-order valence-electron chi connectivity index (χ2n) is 4.35. The fourth-order valence-electron chi connectivity index (χ4n) is 1.70. The number of para-hydroxylation sites is 1. The summed E-state index contributed by atoms with van der Waals surface area (Å²) in [5, 5.41) is 6.01. The number of aryl methyl sites for hydroxylation is 1. The third kappa shape index (κ3) is 3.84. The van der Waals surface area contributed by atoms with Crippen LogP contribution >= 0.6 is 15.9 Å². The number of amides is 1. The molecule has 0 atom stereocenters. The first-order chi connectivity index (χ1) is 9.77. The van der Waals surface area contributed by atoms with Gasteiger partial charge in [-0.05, 0) is 41.1 Å². The molecule has 0 fully saturated rings. The van der Waals surface area contributed by atoms with Gasteiger partial charge in [-0.15, -0.1) is 0 Å². The SMILES string of the molecule is Cc1cc(C(F)(F)F)nn1CC(=O)Nc1ccccc1Br. The Kier molecular flexibility index (Phi) is 4.36. The van der Waals surface area contributed by atoms with Crippen LogP contribution in [0.2, 0.25) is 0 Å². The fraction of sp³-hybridized carbons (Fsp3) is 0.231. The Morgan fingerprint density at radius 1 is 1.38 bits per heavy atom. The number of anilines is 1. The monoisotopic (exact) mass is 361 g/mol. The zero-order chi connectivity index (χ0) is 15.6. The Morgan fingerprint density at radius 3 is 2.62 bits per heavy atom. The van der Waals surface area contributed by atoms with E-state index in [0.29, 0.717) is 10.2 Å². The van der Waals surface area contributed by atoms with Crippen LogP contribution in [0.5, 0.6) is 0 Å². The first kappa shape index (κ1) is 15.6. The van der Waals surface area contributed by atoms with E-state index in [4.69, 9.17) is 0 Å². The molecule has 1 aromatic carbocycles. The van der Waals surface area contributed by atoms with E-state index in [0.717, 1.165) is 10.7 Å². The van der Waals surface area contributed by atoms with Crippen molar-refractivity contribution in [1.29, 1.82) is 0 Å². The maximum atomic E-state index is 12.5. The Hall–Kier alpha value is -1.83. The normalized spacial score (nSPS) is 11.5. The summed E-state index contributed by atoms with van der Waals surface area (Å²) in [6.07, 6.45) is -4.52. The van der Waals surface area contributed by atoms with E-state index in [2.05, 4.69) is 26.3 Å². The Labute approximate surface area is 127 Å². The lowest BCUT2D eigenvalue weighted by molar-refractivity contribution is -0.141. The van der Waals surface area contributed by atoms with Crippen LogP contribution < -0.4 is 5.32 Å². The molecule has 0 aliphatic carbocycles. The molecule has 1 amide bonds. The zero-order valence-corrected chi connectivity index (χ0v) is 12.5. The number of aromatic nitrogens is 2. The summed E-state index contributed by atoms with van der Waals surface area (Å²) < 4.78 is 39.3. The molecule has 2 rings (SSSR count). The summed E-state index contributed by atoms with van der Waals surface area (Å²) in [5.41, 5.74) is -0.193. The minimum absolute atomic E-state index is 0.268. The van der Waals surface area contributed by atoms with E-state index >= 15 is 0 Å². The number of carbonyl (C=O) groups excluding carboxylic acids is 1. The van der Waals surface area contributed by atoms with Gasteiger partial charge in [-0.25, -0.2) is 0 Å². The van der Waals surface area contributed by atoms with Gasteiger partial charge in [0, 0.05) is 10.2 Å². The molecule has 1 aromatic heterocycles. The van der Waals surface area contributed by atoms with E-state index in [1.165, 1.54) is 6.92 Å². The number of alkyl halides is 3. The summed E-state index contributed by atoms with van der Waals surface area (Å²) in [7, 11) is 0. The van der Waals surface area contributed by atoms with Crippen LogP contribution in [0.3, 0.4) is 0 Å². The highest BCUT2D eigenvalue weighted by Crippen LogP contribution is 2.28. The Morgan fingerprint density at radius 2 is 2.05 bits per heavy atom. The van der Waals surface area contributed by atoms with E-state index < -0.39 is 17.8 Å². The van der Waals surface area contributed by atoms with E-state index in [1.807, 2.05) is 0 Å². The molecule has 0 saturated heterocycles. The molecular formula is C13H11BrF3N3O. The van der Waals surface area contributed by atoms with E-state index in [1.54, 1.807) is 24.3 Å². The van der Waals surface area contributed by atoms with E-state index in [9.17, 15) is 18.0 Å². The zero-order valence-electron chi connectivity index (χ0n) is 10.9. The van der Waals surface area contributed by atoms with Gasteiger partial charge in [-0.1, -0.05) is 12.1 Å². The number of nitrogens with zero attached hydrogens (tertiary/aromatic N) is 2. The highest BCUT2D eigenvalue weighted by Gasteiger charge is 2.34.